The second-order valence-corrected chi connectivity index (χ2v) is 3.47. The van der Waals surface area contributed by atoms with Crippen LogP contribution in [-0.4, -0.2) is 6.54 Å². The first kappa shape index (κ1) is 12.1. The van der Waals surface area contributed by atoms with Gasteiger partial charge in [-0.05, 0) is 18.7 Å². The number of hydrogen-bond acceptors (Lipinski definition) is 1. The summed E-state index contributed by atoms with van der Waals surface area (Å²) in [5.74, 6) is -1.16. The number of rotatable bonds is 4. The van der Waals surface area contributed by atoms with Crippen LogP contribution in [0.2, 0.25) is 5.02 Å². The second kappa shape index (κ2) is 5.24. The van der Waals surface area contributed by atoms with Crippen molar-refractivity contribution in [2.75, 3.05) is 6.54 Å². The maximum absolute atomic E-state index is 13.5. The first-order chi connectivity index (χ1) is 7.10. The first-order valence-corrected chi connectivity index (χ1v) is 4.98. The van der Waals surface area contributed by atoms with Crippen LogP contribution in [-0.2, 0) is 0 Å². The van der Waals surface area contributed by atoms with Gasteiger partial charge in [0.2, 0.25) is 0 Å². The van der Waals surface area contributed by atoms with Crippen LogP contribution in [0.5, 0.6) is 0 Å². The highest BCUT2D eigenvalue weighted by molar-refractivity contribution is 6.30. The lowest BCUT2D eigenvalue weighted by Crippen LogP contribution is -2.20. The molecule has 0 aliphatic carbocycles. The Morgan fingerprint density at radius 2 is 2.13 bits per heavy atom. The lowest BCUT2D eigenvalue weighted by Gasteiger charge is -2.15. The molecule has 1 atom stereocenters. The topological polar surface area (TPSA) is 12.0 Å². The summed E-state index contributed by atoms with van der Waals surface area (Å²) in [5.41, 5.74) is 0.216. The van der Waals surface area contributed by atoms with Gasteiger partial charge in [-0.2, -0.15) is 0 Å². The maximum atomic E-state index is 13.5. The van der Waals surface area contributed by atoms with Gasteiger partial charge < -0.3 is 5.32 Å². The molecule has 0 saturated heterocycles. The van der Waals surface area contributed by atoms with E-state index in [1.165, 1.54) is 6.08 Å². The number of benzene rings is 1. The van der Waals surface area contributed by atoms with Crippen LogP contribution in [0.4, 0.5) is 8.78 Å². The molecule has 0 bridgehead atoms. The Kier molecular flexibility index (Phi) is 4.24. The molecule has 1 unspecified atom stereocenters. The summed E-state index contributed by atoms with van der Waals surface area (Å²) in [4.78, 5) is 0. The van der Waals surface area contributed by atoms with E-state index in [-0.39, 0.29) is 10.6 Å². The van der Waals surface area contributed by atoms with E-state index in [1.54, 1.807) is 0 Å². The van der Waals surface area contributed by atoms with E-state index in [2.05, 4.69) is 11.9 Å². The minimum atomic E-state index is -0.627. The van der Waals surface area contributed by atoms with Gasteiger partial charge in [-0.3, -0.25) is 0 Å². The van der Waals surface area contributed by atoms with Crippen molar-refractivity contribution in [1.82, 2.24) is 5.32 Å². The highest BCUT2D eigenvalue weighted by Gasteiger charge is 2.14. The van der Waals surface area contributed by atoms with Gasteiger partial charge in [-0.25, -0.2) is 8.78 Å². The quantitative estimate of drug-likeness (QED) is 0.618. The largest absolute Gasteiger partial charge is 0.307 e. The normalized spacial score (nSPS) is 12.5. The van der Waals surface area contributed by atoms with Crippen molar-refractivity contribution in [3.63, 3.8) is 0 Å². The Morgan fingerprint density at radius 1 is 1.47 bits per heavy atom. The standard InChI is InChI=1S/C11H12ClF2N/c1-3-11(15-4-2)7-5-10(14)8(12)6-9(7)13/h3,5-6,11,15H,1,4H2,2H3. The van der Waals surface area contributed by atoms with Crippen molar-refractivity contribution in [2.24, 2.45) is 0 Å². The summed E-state index contributed by atoms with van der Waals surface area (Å²) in [6.45, 7) is 6.08. The van der Waals surface area contributed by atoms with Crippen LogP contribution in [0, 0.1) is 11.6 Å². The van der Waals surface area contributed by atoms with Crippen molar-refractivity contribution in [3.8, 4) is 0 Å². The van der Waals surface area contributed by atoms with Crippen LogP contribution >= 0.6 is 11.6 Å². The smallest absolute Gasteiger partial charge is 0.142 e. The molecule has 82 valence electrons. The van der Waals surface area contributed by atoms with Gasteiger partial charge in [-0.15, -0.1) is 6.58 Å². The summed E-state index contributed by atoms with van der Waals surface area (Å²) in [6, 6.07) is 1.66. The molecule has 0 aromatic heterocycles. The Labute approximate surface area is 92.8 Å². The van der Waals surface area contributed by atoms with Crippen LogP contribution in [0.15, 0.2) is 24.8 Å². The highest BCUT2D eigenvalue weighted by atomic mass is 35.5. The molecule has 1 aromatic rings. The zero-order chi connectivity index (χ0) is 11.4. The highest BCUT2D eigenvalue weighted by Crippen LogP contribution is 2.24. The monoisotopic (exact) mass is 231 g/mol. The third-order valence-corrected chi connectivity index (χ3v) is 2.32. The molecule has 0 saturated carbocycles. The van der Waals surface area contributed by atoms with Crippen LogP contribution < -0.4 is 5.32 Å². The molecule has 0 spiro atoms. The summed E-state index contributed by atoms with van der Waals surface area (Å²) in [7, 11) is 0. The van der Waals surface area contributed by atoms with E-state index < -0.39 is 17.7 Å². The van der Waals surface area contributed by atoms with Gasteiger partial charge in [0, 0.05) is 5.56 Å². The average molecular weight is 232 g/mol. The molecular formula is C11H12ClF2N. The third-order valence-electron chi connectivity index (χ3n) is 2.03. The zero-order valence-electron chi connectivity index (χ0n) is 8.36. The molecular weight excluding hydrogens is 220 g/mol. The summed E-state index contributed by atoms with van der Waals surface area (Å²) in [5, 5.41) is 2.76. The predicted molar refractivity (Wildman–Crippen MR) is 58.0 cm³/mol. The fourth-order valence-electron chi connectivity index (χ4n) is 1.32. The SMILES string of the molecule is C=CC(NCC)c1cc(F)c(Cl)cc1F. The molecule has 0 aliphatic heterocycles. The van der Waals surface area contributed by atoms with Crippen molar-refractivity contribution >= 4 is 11.6 Å². The van der Waals surface area contributed by atoms with E-state index in [9.17, 15) is 8.78 Å². The molecule has 0 radical (unpaired) electrons. The van der Waals surface area contributed by atoms with Gasteiger partial charge in [0.05, 0.1) is 11.1 Å². The second-order valence-electron chi connectivity index (χ2n) is 3.06. The Balaban J connectivity index is 3.11. The molecule has 1 nitrogen and oxygen atoms in total. The van der Waals surface area contributed by atoms with Crippen molar-refractivity contribution in [2.45, 2.75) is 13.0 Å². The van der Waals surface area contributed by atoms with Crippen molar-refractivity contribution < 1.29 is 8.78 Å². The van der Waals surface area contributed by atoms with Gasteiger partial charge >= 0.3 is 0 Å². The zero-order valence-corrected chi connectivity index (χ0v) is 9.11. The van der Waals surface area contributed by atoms with E-state index in [1.807, 2.05) is 6.92 Å². The summed E-state index contributed by atoms with van der Waals surface area (Å²) < 4.78 is 26.6. The van der Waals surface area contributed by atoms with Crippen molar-refractivity contribution in [1.29, 1.82) is 0 Å². The van der Waals surface area contributed by atoms with E-state index >= 15 is 0 Å². The Morgan fingerprint density at radius 3 is 2.67 bits per heavy atom. The fourth-order valence-corrected chi connectivity index (χ4v) is 1.47. The summed E-state index contributed by atoms with van der Waals surface area (Å²) >= 11 is 5.45. The van der Waals surface area contributed by atoms with Crippen LogP contribution in [0.1, 0.15) is 18.5 Å². The van der Waals surface area contributed by atoms with E-state index in [0.717, 1.165) is 12.1 Å². The van der Waals surface area contributed by atoms with Crippen LogP contribution in [0.3, 0.4) is 0 Å². The maximum Gasteiger partial charge on any atom is 0.142 e. The molecule has 0 fully saturated rings. The lowest BCUT2D eigenvalue weighted by molar-refractivity contribution is 0.552. The number of halogens is 3. The predicted octanol–water partition coefficient (Wildman–Crippen LogP) is 3.45. The molecule has 4 heteroatoms. The Bertz CT molecular complexity index is 366. The van der Waals surface area contributed by atoms with Gasteiger partial charge in [0.1, 0.15) is 11.6 Å². The third kappa shape index (κ3) is 2.76. The van der Waals surface area contributed by atoms with E-state index in [0.29, 0.717) is 6.54 Å². The molecule has 0 amide bonds. The molecule has 1 N–H and O–H groups in total. The summed E-state index contributed by atoms with van der Waals surface area (Å²) in [6.07, 6.45) is 1.52. The molecule has 15 heavy (non-hydrogen) atoms. The average Bonchev–Trinajstić information content (AvgIpc) is 2.20. The molecule has 0 aliphatic rings. The van der Waals surface area contributed by atoms with E-state index in [4.69, 9.17) is 11.6 Å². The number of hydrogen-bond donors (Lipinski definition) is 1. The molecule has 0 heterocycles. The van der Waals surface area contributed by atoms with Gasteiger partial charge in [-0.1, -0.05) is 24.6 Å². The minimum Gasteiger partial charge on any atom is -0.307 e. The Hall–Kier alpha value is -0.930. The van der Waals surface area contributed by atoms with Crippen LogP contribution in [0.25, 0.3) is 0 Å². The van der Waals surface area contributed by atoms with Gasteiger partial charge in [0.25, 0.3) is 0 Å². The fraction of sp³-hybridized carbons (Fsp3) is 0.273. The van der Waals surface area contributed by atoms with Gasteiger partial charge in [0.15, 0.2) is 0 Å². The first-order valence-electron chi connectivity index (χ1n) is 4.60. The molecule has 1 rings (SSSR count). The molecule has 1 aromatic carbocycles. The minimum absolute atomic E-state index is 0.212. The van der Waals surface area contributed by atoms with Crippen molar-refractivity contribution in [3.05, 3.63) is 47.0 Å². The lowest BCUT2D eigenvalue weighted by atomic mass is 10.1. The number of likely N-dealkylation sites (N-methyl/N-ethyl adjacent to an activating group) is 1. The number of nitrogens with one attached hydrogen (secondary N) is 1.